The average Bonchev–Trinajstić information content (AvgIpc) is 2.46. The van der Waals surface area contributed by atoms with Crippen molar-refractivity contribution in [2.45, 2.75) is 26.7 Å². The lowest BCUT2D eigenvalue weighted by atomic mass is 9.69. The first kappa shape index (κ1) is 16.4. The van der Waals surface area contributed by atoms with E-state index in [1.807, 2.05) is 19.9 Å². The van der Waals surface area contributed by atoms with Crippen LogP contribution < -0.4 is 10.6 Å². The van der Waals surface area contributed by atoms with E-state index in [1.165, 1.54) is 24.3 Å². The number of carbonyl (C=O) groups excluding carboxylic acids is 3. The highest BCUT2D eigenvalue weighted by molar-refractivity contribution is 6.02. The second-order valence-corrected chi connectivity index (χ2v) is 7.06. The van der Waals surface area contributed by atoms with E-state index in [2.05, 4.69) is 10.6 Å². The number of hydrogen-bond donors (Lipinski definition) is 2. The minimum Gasteiger partial charge on any atom is -0.329 e. The summed E-state index contributed by atoms with van der Waals surface area (Å²) in [5, 5.41) is 5.40. The molecule has 3 rings (SSSR count). The molecule has 6 heteroatoms. The van der Waals surface area contributed by atoms with E-state index in [4.69, 9.17) is 0 Å². The van der Waals surface area contributed by atoms with Gasteiger partial charge in [-0.25, -0.2) is 4.39 Å². The molecule has 0 aromatic heterocycles. The van der Waals surface area contributed by atoms with Crippen LogP contribution in [0.1, 0.15) is 26.7 Å². The third kappa shape index (κ3) is 3.22. The number of rotatable bonds is 2. The first-order valence-electron chi connectivity index (χ1n) is 7.87. The van der Waals surface area contributed by atoms with Crippen molar-refractivity contribution in [2.24, 2.45) is 17.3 Å². The summed E-state index contributed by atoms with van der Waals surface area (Å²) >= 11 is 0. The van der Waals surface area contributed by atoms with Crippen LogP contribution >= 0.6 is 0 Å². The summed E-state index contributed by atoms with van der Waals surface area (Å²) in [6.45, 7) is 3.84. The SMILES string of the molecule is CC1(C)C=C2NC(=O)C[C@H](C(=O)Nc3ccc(F)cc3)[C@@H]2C(=O)C1. The molecule has 1 fully saturated rings. The van der Waals surface area contributed by atoms with Crippen LogP contribution in [-0.2, 0) is 14.4 Å². The van der Waals surface area contributed by atoms with Crippen molar-refractivity contribution < 1.29 is 18.8 Å². The number of ketones is 1. The van der Waals surface area contributed by atoms with E-state index in [0.717, 1.165) is 0 Å². The van der Waals surface area contributed by atoms with Crippen LogP contribution in [0, 0.1) is 23.1 Å². The molecule has 0 saturated carbocycles. The van der Waals surface area contributed by atoms with E-state index >= 15 is 0 Å². The maximum absolute atomic E-state index is 13.0. The number of nitrogens with one attached hydrogen (secondary N) is 2. The quantitative estimate of drug-likeness (QED) is 0.874. The van der Waals surface area contributed by atoms with Crippen LogP contribution in [0.5, 0.6) is 0 Å². The van der Waals surface area contributed by atoms with Crippen LogP contribution in [0.2, 0.25) is 0 Å². The second kappa shape index (κ2) is 5.85. The number of amides is 2. The van der Waals surface area contributed by atoms with Crippen molar-refractivity contribution in [3.63, 3.8) is 0 Å². The number of anilines is 1. The molecule has 0 unspecified atom stereocenters. The Balaban J connectivity index is 1.86. The molecule has 1 saturated heterocycles. The van der Waals surface area contributed by atoms with Crippen molar-refractivity contribution in [1.82, 2.24) is 5.32 Å². The minimum atomic E-state index is -0.751. The molecule has 1 aromatic rings. The first-order valence-corrected chi connectivity index (χ1v) is 7.87. The standard InChI is InChI=1S/C18H19FN2O3/c1-18(2)8-13-16(14(22)9-18)12(7-15(23)21-13)17(24)20-11-5-3-10(19)4-6-11/h3-6,8,12,16H,7,9H2,1-2H3,(H,20,24)(H,21,23)/t12-,16-/m0/s1. The summed E-state index contributed by atoms with van der Waals surface area (Å²) in [6, 6.07) is 5.36. The number of hydrogen-bond acceptors (Lipinski definition) is 3. The summed E-state index contributed by atoms with van der Waals surface area (Å²) in [6.07, 6.45) is 2.16. The zero-order chi connectivity index (χ0) is 17.5. The maximum atomic E-state index is 13.0. The van der Waals surface area contributed by atoms with Crippen molar-refractivity contribution in [1.29, 1.82) is 0 Å². The van der Waals surface area contributed by atoms with Gasteiger partial charge in [-0.1, -0.05) is 19.9 Å². The van der Waals surface area contributed by atoms with Crippen molar-refractivity contribution in [3.05, 3.63) is 41.9 Å². The summed E-state index contributed by atoms with van der Waals surface area (Å²) in [5.74, 6) is -2.51. The van der Waals surface area contributed by atoms with Gasteiger partial charge >= 0.3 is 0 Å². The molecule has 24 heavy (non-hydrogen) atoms. The average molecular weight is 330 g/mol. The highest BCUT2D eigenvalue weighted by Crippen LogP contribution is 2.40. The Morgan fingerprint density at radius 3 is 2.58 bits per heavy atom. The number of allylic oxidation sites excluding steroid dienone is 2. The van der Waals surface area contributed by atoms with Gasteiger partial charge in [0.15, 0.2) is 0 Å². The molecule has 0 spiro atoms. The van der Waals surface area contributed by atoms with Crippen LogP contribution in [-0.4, -0.2) is 17.6 Å². The zero-order valence-corrected chi connectivity index (χ0v) is 13.6. The number of fused-ring (bicyclic) bond motifs is 1. The Morgan fingerprint density at radius 2 is 1.92 bits per heavy atom. The van der Waals surface area contributed by atoms with Crippen molar-refractivity contribution in [2.75, 3.05) is 5.32 Å². The molecule has 0 bridgehead atoms. The molecule has 1 aliphatic carbocycles. The van der Waals surface area contributed by atoms with Crippen LogP contribution in [0.15, 0.2) is 36.0 Å². The second-order valence-electron chi connectivity index (χ2n) is 7.06. The predicted octanol–water partition coefficient (Wildman–Crippen LogP) is 2.40. The molecule has 1 aliphatic heterocycles. The van der Waals surface area contributed by atoms with E-state index in [1.54, 1.807) is 0 Å². The number of piperidine rings is 1. The van der Waals surface area contributed by atoms with Gasteiger partial charge in [0.05, 0.1) is 11.8 Å². The largest absolute Gasteiger partial charge is 0.329 e. The predicted molar refractivity (Wildman–Crippen MR) is 86.3 cm³/mol. The van der Waals surface area contributed by atoms with Crippen LogP contribution in [0.4, 0.5) is 10.1 Å². The van der Waals surface area contributed by atoms with E-state index in [9.17, 15) is 18.8 Å². The van der Waals surface area contributed by atoms with E-state index < -0.39 is 23.6 Å². The van der Waals surface area contributed by atoms with Gasteiger partial charge in [-0.15, -0.1) is 0 Å². The van der Waals surface area contributed by atoms with Crippen LogP contribution in [0.3, 0.4) is 0 Å². The smallest absolute Gasteiger partial charge is 0.229 e. The van der Waals surface area contributed by atoms with Crippen molar-refractivity contribution in [3.8, 4) is 0 Å². The number of Topliss-reactive ketones (excluding diaryl/α,β-unsaturated/α-hetero) is 1. The Morgan fingerprint density at radius 1 is 1.25 bits per heavy atom. The maximum Gasteiger partial charge on any atom is 0.229 e. The lowest BCUT2D eigenvalue weighted by molar-refractivity contribution is -0.136. The monoisotopic (exact) mass is 330 g/mol. The Labute approximate surface area is 139 Å². The molecular formula is C18H19FN2O3. The van der Waals surface area contributed by atoms with Gasteiger partial charge in [0.2, 0.25) is 11.8 Å². The molecule has 2 amide bonds. The lowest BCUT2D eigenvalue weighted by Crippen LogP contribution is -2.49. The summed E-state index contributed by atoms with van der Waals surface area (Å²) in [7, 11) is 0. The highest BCUT2D eigenvalue weighted by atomic mass is 19.1. The molecule has 1 heterocycles. The molecule has 2 aliphatic rings. The Hall–Kier alpha value is -2.50. The molecule has 2 N–H and O–H groups in total. The van der Waals surface area contributed by atoms with Gasteiger partial charge in [0.25, 0.3) is 0 Å². The van der Waals surface area contributed by atoms with Gasteiger partial charge in [0.1, 0.15) is 11.6 Å². The van der Waals surface area contributed by atoms with Gasteiger partial charge in [-0.05, 0) is 29.7 Å². The molecular weight excluding hydrogens is 311 g/mol. The fourth-order valence-electron chi connectivity index (χ4n) is 3.39. The van der Waals surface area contributed by atoms with E-state index in [0.29, 0.717) is 17.8 Å². The normalized spacial score (nSPS) is 25.4. The van der Waals surface area contributed by atoms with Gasteiger partial charge in [0, 0.05) is 24.2 Å². The first-order chi connectivity index (χ1) is 11.2. The zero-order valence-electron chi connectivity index (χ0n) is 13.6. The third-order valence-corrected chi connectivity index (χ3v) is 4.40. The van der Waals surface area contributed by atoms with Gasteiger partial charge < -0.3 is 10.6 Å². The number of halogens is 1. The lowest BCUT2D eigenvalue weighted by Gasteiger charge is -2.38. The van der Waals surface area contributed by atoms with E-state index in [-0.39, 0.29) is 23.5 Å². The summed E-state index contributed by atoms with van der Waals surface area (Å²) in [5.41, 5.74) is 0.610. The molecule has 0 radical (unpaired) electrons. The van der Waals surface area contributed by atoms with Crippen LogP contribution in [0.25, 0.3) is 0 Å². The van der Waals surface area contributed by atoms with Crippen molar-refractivity contribution >= 4 is 23.3 Å². The Kier molecular flexibility index (Phi) is 3.99. The summed E-state index contributed by atoms with van der Waals surface area (Å²) in [4.78, 5) is 37.1. The third-order valence-electron chi connectivity index (χ3n) is 4.40. The molecule has 1 aromatic carbocycles. The Bertz CT molecular complexity index is 737. The van der Waals surface area contributed by atoms with Gasteiger partial charge in [-0.3, -0.25) is 14.4 Å². The minimum absolute atomic E-state index is 0.0405. The van der Waals surface area contributed by atoms with Gasteiger partial charge in [-0.2, -0.15) is 0 Å². The topological polar surface area (TPSA) is 75.3 Å². The molecule has 126 valence electrons. The fraction of sp³-hybridized carbons (Fsp3) is 0.389. The highest BCUT2D eigenvalue weighted by Gasteiger charge is 2.45. The molecule has 5 nitrogen and oxygen atoms in total. The molecule has 2 atom stereocenters. The fourth-order valence-corrected chi connectivity index (χ4v) is 3.39. The number of carbonyl (C=O) groups is 3. The summed E-state index contributed by atoms with van der Waals surface area (Å²) < 4.78 is 13.0. The number of benzene rings is 1.